The van der Waals surface area contributed by atoms with Crippen LogP contribution in [0, 0.1) is 0 Å². The number of hydrogen-bond acceptors (Lipinski definition) is 6. The number of aromatic nitrogens is 3. The lowest BCUT2D eigenvalue weighted by atomic mass is 10.1. The van der Waals surface area contributed by atoms with Gasteiger partial charge in [-0.15, -0.1) is 0 Å². The van der Waals surface area contributed by atoms with Gasteiger partial charge in [0.05, 0.1) is 23.4 Å². The van der Waals surface area contributed by atoms with Crippen LogP contribution in [0.15, 0.2) is 91.1 Å². The minimum atomic E-state index is -0.482. The Bertz CT molecular complexity index is 1450. The van der Waals surface area contributed by atoms with Crippen LogP contribution in [-0.2, 0) is 4.74 Å². The molecule has 7 heteroatoms. The number of carbonyl (C=O) groups excluding carboxylic acids is 1. The van der Waals surface area contributed by atoms with Crippen LogP contribution in [0.25, 0.3) is 28.0 Å². The monoisotopic (exact) mass is 450 g/mol. The van der Waals surface area contributed by atoms with Crippen LogP contribution in [0.5, 0.6) is 5.75 Å². The molecular formula is C27H22N4O3. The lowest BCUT2D eigenvalue weighted by molar-refractivity contribution is 0.0527. The van der Waals surface area contributed by atoms with Crippen molar-refractivity contribution in [1.29, 1.82) is 0 Å². The molecule has 0 spiro atoms. The topological polar surface area (TPSA) is 89.3 Å². The Morgan fingerprint density at radius 1 is 0.971 bits per heavy atom. The first-order chi connectivity index (χ1) is 16.7. The number of benzene rings is 3. The zero-order valence-electron chi connectivity index (χ0n) is 18.5. The first-order valence-corrected chi connectivity index (χ1v) is 10.9. The highest BCUT2D eigenvalue weighted by atomic mass is 16.5. The van der Waals surface area contributed by atoms with Crippen molar-refractivity contribution in [3.05, 3.63) is 96.7 Å². The number of para-hydroxylation sites is 1. The maximum atomic E-state index is 12.9. The van der Waals surface area contributed by atoms with Gasteiger partial charge in [-0.1, -0.05) is 48.5 Å². The molecule has 0 unspecified atom stereocenters. The molecule has 168 valence electrons. The van der Waals surface area contributed by atoms with Gasteiger partial charge in [-0.3, -0.25) is 0 Å². The van der Waals surface area contributed by atoms with E-state index in [9.17, 15) is 9.90 Å². The summed E-state index contributed by atoms with van der Waals surface area (Å²) >= 11 is 0. The first kappa shape index (κ1) is 21.2. The van der Waals surface area contributed by atoms with Crippen LogP contribution in [0.1, 0.15) is 17.3 Å². The maximum absolute atomic E-state index is 12.9. The highest BCUT2D eigenvalue weighted by Gasteiger charge is 2.24. The first-order valence-electron chi connectivity index (χ1n) is 10.9. The number of anilines is 2. The van der Waals surface area contributed by atoms with Crippen molar-refractivity contribution < 1.29 is 14.6 Å². The zero-order chi connectivity index (χ0) is 23.5. The molecule has 0 bridgehead atoms. The second-order valence-corrected chi connectivity index (χ2v) is 7.60. The van der Waals surface area contributed by atoms with E-state index in [1.807, 2.05) is 60.7 Å². The fourth-order valence-corrected chi connectivity index (χ4v) is 3.81. The van der Waals surface area contributed by atoms with Crippen molar-refractivity contribution in [3.8, 4) is 22.7 Å². The number of phenolic OH excluding ortho intramolecular Hbond substituents is 1. The van der Waals surface area contributed by atoms with Crippen molar-refractivity contribution >= 4 is 28.4 Å². The van der Waals surface area contributed by atoms with E-state index < -0.39 is 5.97 Å². The van der Waals surface area contributed by atoms with Gasteiger partial charge in [0, 0.05) is 17.4 Å². The van der Waals surface area contributed by atoms with Crippen LogP contribution >= 0.6 is 0 Å². The van der Waals surface area contributed by atoms with E-state index in [4.69, 9.17) is 9.84 Å². The van der Waals surface area contributed by atoms with Crippen LogP contribution in [0.2, 0.25) is 0 Å². The number of phenols is 1. The second-order valence-electron chi connectivity index (χ2n) is 7.60. The number of hydrogen-bond donors (Lipinski definition) is 2. The molecule has 0 aliphatic carbocycles. The summed E-state index contributed by atoms with van der Waals surface area (Å²) in [6.45, 7) is 2.00. The summed E-state index contributed by atoms with van der Waals surface area (Å²) in [5.41, 5.74) is 4.55. The van der Waals surface area contributed by atoms with Crippen molar-refractivity contribution in [2.45, 2.75) is 6.92 Å². The number of fused-ring (bicyclic) bond motifs is 1. The second kappa shape index (κ2) is 9.07. The molecule has 0 aliphatic heterocycles. The lowest BCUT2D eigenvalue weighted by Gasteiger charge is -2.14. The molecule has 0 fully saturated rings. The standard InChI is InChI=1S/C27H22N4O3/c1-2-34-27(33)22-17-28-26-23(25(22)29-19-13-15-21(32)16-14-19)24(18-9-5-3-6-10-18)30-31(26)20-11-7-4-8-12-20/h3-17,32H,2H2,1H3,(H,28,29). The molecule has 0 amide bonds. The van der Waals surface area contributed by atoms with Crippen molar-refractivity contribution in [2.24, 2.45) is 0 Å². The summed E-state index contributed by atoms with van der Waals surface area (Å²) in [5.74, 6) is -0.331. The molecular weight excluding hydrogens is 428 g/mol. The molecule has 3 aromatic carbocycles. The summed E-state index contributed by atoms with van der Waals surface area (Å²) < 4.78 is 7.10. The largest absolute Gasteiger partial charge is 0.508 e. The fourth-order valence-electron chi connectivity index (χ4n) is 3.81. The van der Waals surface area contributed by atoms with E-state index >= 15 is 0 Å². The molecule has 0 saturated heterocycles. The van der Waals surface area contributed by atoms with E-state index in [1.54, 1.807) is 35.9 Å². The van der Waals surface area contributed by atoms with Gasteiger partial charge >= 0.3 is 5.97 Å². The number of carbonyl (C=O) groups is 1. The normalized spacial score (nSPS) is 10.9. The van der Waals surface area contributed by atoms with Crippen LogP contribution in [-0.4, -0.2) is 32.4 Å². The van der Waals surface area contributed by atoms with Crippen LogP contribution in [0.3, 0.4) is 0 Å². The molecule has 2 N–H and O–H groups in total. The molecule has 2 aromatic heterocycles. The molecule has 7 nitrogen and oxygen atoms in total. The van der Waals surface area contributed by atoms with Gasteiger partial charge in [0.2, 0.25) is 0 Å². The van der Waals surface area contributed by atoms with Crippen molar-refractivity contribution in [2.75, 3.05) is 11.9 Å². The van der Waals surface area contributed by atoms with Gasteiger partial charge in [0.15, 0.2) is 5.65 Å². The highest BCUT2D eigenvalue weighted by Crippen LogP contribution is 2.38. The summed E-state index contributed by atoms with van der Waals surface area (Å²) in [6, 6.07) is 26.1. The minimum Gasteiger partial charge on any atom is -0.508 e. The van der Waals surface area contributed by atoms with Crippen LogP contribution < -0.4 is 5.32 Å². The molecule has 5 rings (SSSR count). The molecule has 5 aromatic rings. The smallest absolute Gasteiger partial charge is 0.341 e. The number of esters is 1. The van der Waals surface area contributed by atoms with Gasteiger partial charge in [-0.25, -0.2) is 14.5 Å². The fraction of sp³-hybridized carbons (Fsp3) is 0.0741. The molecule has 0 radical (unpaired) electrons. The van der Waals surface area contributed by atoms with Crippen LogP contribution in [0.4, 0.5) is 11.4 Å². The van der Waals surface area contributed by atoms with Crippen molar-refractivity contribution in [1.82, 2.24) is 14.8 Å². The third-order valence-corrected chi connectivity index (χ3v) is 5.38. The molecule has 0 atom stereocenters. The minimum absolute atomic E-state index is 0.151. The van der Waals surface area contributed by atoms with E-state index in [1.165, 1.54) is 6.20 Å². The van der Waals surface area contributed by atoms with E-state index in [0.717, 1.165) is 11.3 Å². The Morgan fingerprint density at radius 2 is 1.65 bits per heavy atom. The molecule has 0 aliphatic rings. The SMILES string of the molecule is CCOC(=O)c1cnc2c(c(-c3ccccc3)nn2-c2ccccc2)c1Nc1ccc(O)cc1. The van der Waals surface area contributed by atoms with Gasteiger partial charge < -0.3 is 15.2 Å². The average Bonchev–Trinajstić information content (AvgIpc) is 3.27. The molecule has 34 heavy (non-hydrogen) atoms. The number of nitrogens with zero attached hydrogens (tertiary/aromatic N) is 3. The number of nitrogens with one attached hydrogen (secondary N) is 1. The van der Waals surface area contributed by atoms with Gasteiger partial charge in [-0.2, -0.15) is 5.10 Å². The number of ether oxygens (including phenoxy) is 1. The quantitative estimate of drug-likeness (QED) is 0.254. The third kappa shape index (κ3) is 3.95. The molecule has 0 saturated carbocycles. The Balaban J connectivity index is 1.82. The summed E-state index contributed by atoms with van der Waals surface area (Å²) in [7, 11) is 0. The predicted octanol–water partition coefficient (Wildman–Crippen LogP) is 5.71. The Labute approximate surface area is 196 Å². The van der Waals surface area contributed by atoms with Gasteiger partial charge in [0.25, 0.3) is 0 Å². The van der Waals surface area contributed by atoms with Crippen molar-refractivity contribution in [3.63, 3.8) is 0 Å². The Kier molecular flexibility index (Phi) is 5.66. The summed E-state index contributed by atoms with van der Waals surface area (Å²) in [6.07, 6.45) is 1.51. The zero-order valence-corrected chi connectivity index (χ0v) is 18.5. The number of aromatic hydroxyl groups is 1. The molecule has 2 heterocycles. The van der Waals surface area contributed by atoms with Gasteiger partial charge in [-0.05, 0) is 43.3 Å². The Hall–Kier alpha value is -4.65. The maximum Gasteiger partial charge on any atom is 0.341 e. The van der Waals surface area contributed by atoms with E-state index in [2.05, 4.69) is 10.3 Å². The predicted molar refractivity (Wildman–Crippen MR) is 132 cm³/mol. The van der Waals surface area contributed by atoms with E-state index in [-0.39, 0.29) is 12.4 Å². The lowest BCUT2D eigenvalue weighted by Crippen LogP contribution is -2.09. The summed E-state index contributed by atoms with van der Waals surface area (Å²) in [5, 5.41) is 18.7. The number of pyridine rings is 1. The average molecular weight is 450 g/mol. The van der Waals surface area contributed by atoms with E-state index in [0.29, 0.717) is 33.7 Å². The Morgan fingerprint density at radius 3 is 2.32 bits per heavy atom. The third-order valence-electron chi connectivity index (χ3n) is 5.38. The summed E-state index contributed by atoms with van der Waals surface area (Å²) in [4.78, 5) is 17.6. The van der Waals surface area contributed by atoms with Gasteiger partial charge in [0.1, 0.15) is 17.0 Å². The number of rotatable bonds is 6. The highest BCUT2D eigenvalue weighted by molar-refractivity contribution is 6.10.